The summed E-state index contributed by atoms with van der Waals surface area (Å²) in [5.41, 5.74) is 0.962. The molecule has 0 saturated heterocycles. The number of carbonyl (C=O) groups is 1. The van der Waals surface area contributed by atoms with Gasteiger partial charge >= 0.3 is 5.97 Å². The molecule has 1 unspecified atom stereocenters. The molecule has 2 saturated carbocycles. The maximum Gasteiger partial charge on any atom is 0.312 e. The van der Waals surface area contributed by atoms with Crippen LogP contribution in [0.15, 0.2) is 4.99 Å². The van der Waals surface area contributed by atoms with E-state index in [1.807, 2.05) is 0 Å². The molecule has 0 aromatic rings. The molecule has 0 amide bonds. The third-order valence-corrected chi connectivity index (χ3v) is 3.30. The van der Waals surface area contributed by atoms with Gasteiger partial charge in [0.2, 0.25) is 0 Å². The van der Waals surface area contributed by atoms with Gasteiger partial charge in [-0.15, -0.1) is 0 Å². The summed E-state index contributed by atoms with van der Waals surface area (Å²) in [6, 6.07) is 0.435. The summed E-state index contributed by atoms with van der Waals surface area (Å²) in [5, 5.41) is 8.98. The van der Waals surface area contributed by atoms with Crippen LogP contribution < -0.4 is 0 Å². The van der Waals surface area contributed by atoms with Gasteiger partial charge in [0.25, 0.3) is 0 Å². The highest BCUT2D eigenvalue weighted by atomic mass is 16.4. The molecule has 1 N–H and O–H groups in total. The lowest BCUT2D eigenvalue weighted by molar-refractivity contribution is -0.139. The Hall–Kier alpha value is -0.860. The Morgan fingerprint density at radius 1 is 1.21 bits per heavy atom. The second-order valence-electron chi connectivity index (χ2n) is 4.34. The minimum Gasteiger partial charge on any atom is -0.481 e. The monoisotopic (exact) mass is 195 g/mol. The lowest BCUT2D eigenvalue weighted by Gasteiger charge is -2.08. The van der Waals surface area contributed by atoms with E-state index in [2.05, 4.69) is 4.99 Å². The van der Waals surface area contributed by atoms with Crippen LogP contribution >= 0.6 is 0 Å². The standard InChI is InChI=1S/C11H17NO2/c13-11(14)9-6-3-7-10(9)12-8-4-1-2-5-8/h8-9H,1-7H2,(H,13,14). The van der Waals surface area contributed by atoms with Crippen molar-refractivity contribution in [1.82, 2.24) is 0 Å². The van der Waals surface area contributed by atoms with E-state index in [-0.39, 0.29) is 5.92 Å². The van der Waals surface area contributed by atoms with E-state index in [1.54, 1.807) is 0 Å². The number of hydrogen-bond acceptors (Lipinski definition) is 2. The maximum atomic E-state index is 10.9. The van der Waals surface area contributed by atoms with Crippen LogP contribution in [-0.2, 0) is 4.79 Å². The van der Waals surface area contributed by atoms with Gasteiger partial charge in [-0.1, -0.05) is 12.8 Å². The number of nitrogens with zero attached hydrogens (tertiary/aromatic N) is 1. The predicted octanol–water partition coefficient (Wildman–Crippen LogP) is 2.25. The van der Waals surface area contributed by atoms with E-state index in [4.69, 9.17) is 5.11 Å². The van der Waals surface area contributed by atoms with Crippen LogP contribution in [0.1, 0.15) is 44.9 Å². The predicted molar refractivity (Wildman–Crippen MR) is 54.7 cm³/mol. The van der Waals surface area contributed by atoms with Crippen LogP contribution in [0.25, 0.3) is 0 Å². The Balaban J connectivity index is 2.04. The number of rotatable bonds is 2. The van der Waals surface area contributed by atoms with Crippen molar-refractivity contribution >= 4 is 11.7 Å². The normalized spacial score (nSPS) is 31.4. The largest absolute Gasteiger partial charge is 0.481 e. The van der Waals surface area contributed by atoms with E-state index in [1.165, 1.54) is 12.8 Å². The molecule has 2 fully saturated rings. The Morgan fingerprint density at radius 3 is 2.57 bits per heavy atom. The van der Waals surface area contributed by atoms with E-state index in [0.717, 1.165) is 37.8 Å². The van der Waals surface area contributed by atoms with Gasteiger partial charge in [0, 0.05) is 11.8 Å². The molecule has 1 atom stereocenters. The molecule has 2 aliphatic carbocycles. The summed E-state index contributed by atoms with van der Waals surface area (Å²) in [6.07, 6.45) is 7.56. The van der Waals surface area contributed by atoms with Crippen molar-refractivity contribution < 1.29 is 9.90 Å². The number of hydrogen-bond donors (Lipinski definition) is 1. The van der Waals surface area contributed by atoms with Crippen molar-refractivity contribution in [2.75, 3.05) is 0 Å². The SMILES string of the molecule is O=C(O)C1CCCC1=NC1CCCC1. The van der Waals surface area contributed by atoms with Gasteiger partial charge in [0.1, 0.15) is 0 Å². The molecule has 0 aromatic heterocycles. The van der Waals surface area contributed by atoms with Crippen molar-refractivity contribution in [1.29, 1.82) is 0 Å². The van der Waals surface area contributed by atoms with Crippen molar-refractivity contribution in [3.63, 3.8) is 0 Å². The summed E-state index contributed by atoms with van der Waals surface area (Å²) in [4.78, 5) is 15.5. The Kier molecular flexibility index (Phi) is 2.85. The van der Waals surface area contributed by atoms with Crippen molar-refractivity contribution in [2.45, 2.75) is 51.0 Å². The van der Waals surface area contributed by atoms with Crippen LogP contribution in [0.3, 0.4) is 0 Å². The Labute approximate surface area is 84.2 Å². The highest BCUT2D eigenvalue weighted by Crippen LogP contribution is 2.27. The Morgan fingerprint density at radius 2 is 1.93 bits per heavy atom. The fraction of sp³-hybridized carbons (Fsp3) is 0.818. The fourth-order valence-electron chi connectivity index (χ4n) is 2.52. The third kappa shape index (κ3) is 1.97. The van der Waals surface area contributed by atoms with Crippen LogP contribution in [0.5, 0.6) is 0 Å². The summed E-state index contributed by atoms with van der Waals surface area (Å²) in [7, 11) is 0. The first-order valence-corrected chi connectivity index (χ1v) is 5.57. The fourth-order valence-corrected chi connectivity index (χ4v) is 2.52. The molecule has 0 radical (unpaired) electrons. The van der Waals surface area contributed by atoms with Crippen molar-refractivity contribution in [3.05, 3.63) is 0 Å². The summed E-state index contributed by atoms with van der Waals surface area (Å²) >= 11 is 0. The zero-order valence-electron chi connectivity index (χ0n) is 8.41. The van der Waals surface area contributed by atoms with E-state index in [9.17, 15) is 4.79 Å². The molecular formula is C11H17NO2. The van der Waals surface area contributed by atoms with Crippen molar-refractivity contribution in [3.8, 4) is 0 Å². The first-order valence-electron chi connectivity index (χ1n) is 5.57. The molecule has 0 bridgehead atoms. The number of aliphatic carboxylic acids is 1. The zero-order valence-corrected chi connectivity index (χ0v) is 8.41. The minimum atomic E-state index is -0.681. The first kappa shape index (κ1) is 9.69. The van der Waals surface area contributed by atoms with Crippen LogP contribution in [0.2, 0.25) is 0 Å². The average molecular weight is 195 g/mol. The molecule has 3 nitrogen and oxygen atoms in total. The average Bonchev–Trinajstić information content (AvgIpc) is 2.75. The molecule has 0 spiro atoms. The number of carboxylic acids is 1. The molecule has 3 heteroatoms. The molecule has 0 aromatic carbocycles. The van der Waals surface area contributed by atoms with Crippen LogP contribution in [-0.4, -0.2) is 22.8 Å². The van der Waals surface area contributed by atoms with Crippen molar-refractivity contribution in [2.24, 2.45) is 10.9 Å². The van der Waals surface area contributed by atoms with Gasteiger partial charge in [0.05, 0.1) is 5.92 Å². The summed E-state index contributed by atoms with van der Waals surface area (Å²) in [6.45, 7) is 0. The lowest BCUT2D eigenvalue weighted by Crippen LogP contribution is -2.19. The molecule has 2 rings (SSSR count). The topological polar surface area (TPSA) is 49.7 Å². The van der Waals surface area contributed by atoms with Gasteiger partial charge in [-0.25, -0.2) is 0 Å². The maximum absolute atomic E-state index is 10.9. The molecule has 14 heavy (non-hydrogen) atoms. The molecule has 0 heterocycles. The molecule has 78 valence electrons. The summed E-state index contributed by atoms with van der Waals surface area (Å²) < 4.78 is 0. The minimum absolute atomic E-state index is 0.268. The Bertz CT molecular complexity index is 254. The lowest BCUT2D eigenvalue weighted by atomic mass is 10.1. The number of aliphatic imine (C=N–C) groups is 1. The van der Waals surface area contributed by atoms with Gasteiger partial charge in [-0.3, -0.25) is 9.79 Å². The second-order valence-corrected chi connectivity index (χ2v) is 4.34. The zero-order chi connectivity index (χ0) is 9.97. The summed E-state index contributed by atoms with van der Waals surface area (Å²) in [5.74, 6) is -0.949. The molecular weight excluding hydrogens is 178 g/mol. The first-order chi connectivity index (χ1) is 6.77. The van der Waals surface area contributed by atoms with Crippen LogP contribution in [0.4, 0.5) is 0 Å². The van der Waals surface area contributed by atoms with Gasteiger partial charge < -0.3 is 5.11 Å². The van der Waals surface area contributed by atoms with E-state index in [0.29, 0.717) is 6.04 Å². The van der Waals surface area contributed by atoms with Gasteiger partial charge in [0.15, 0.2) is 0 Å². The molecule has 0 aliphatic heterocycles. The second kappa shape index (κ2) is 4.11. The van der Waals surface area contributed by atoms with Gasteiger partial charge in [-0.2, -0.15) is 0 Å². The molecule has 2 aliphatic rings. The highest BCUT2D eigenvalue weighted by molar-refractivity contribution is 6.03. The van der Waals surface area contributed by atoms with Crippen LogP contribution in [0, 0.1) is 5.92 Å². The van der Waals surface area contributed by atoms with E-state index >= 15 is 0 Å². The van der Waals surface area contributed by atoms with Gasteiger partial charge in [-0.05, 0) is 32.1 Å². The third-order valence-electron chi connectivity index (χ3n) is 3.30. The smallest absolute Gasteiger partial charge is 0.312 e. The number of carboxylic acid groups (broad SMARTS) is 1. The van der Waals surface area contributed by atoms with E-state index < -0.39 is 5.97 Å². The quantitative estimate of drug-likeness (QED) is 0.734. The highest BCUT2D eigenvalue weighted by Gasteiger charge is 2.29.